The van der Waals surface area contributed by atoms with Gasteiger partial charge >= 0.3 is 0 Å². The van der Waals surface area contributed by atoms with Crippen LogP contribution in [-0.2, 0) is 9.59 Å². The Morgan fingerprint density at radius 3 is 2.39 bits per heavy atom. The SMILES string of the molecule is CC(CCBr)CCN1C(=O)C2CCCC(C2)C1=O. The van der Waals surface area contributed by atoms with Crippen LogP contribution < -0.4 is 0 Å². The van der Waals surface area contributed by atoms with Crippen LogP contribution >= 0.6 is 15.9 Å². The summed E-state index contributed by atoms with van der Waals surface area (Å²) in [6.45, 7) is 2.81. The number of piperidine rings is 1. The zero-order valence-corrected chi connectivity index (χ0v) is 12.6. The number of hydrogen-bond donors (Lipinski definition) is 0. The van der Waals surface area contributed by atoms with Crippen molar-refractivity contribution in [3.8, 4) is 0 Å². The number of carbonyl (C=O) groups excluding carboxylic acids is 2. The molecule has 2 bridgehead atoms. The van der Waals surface area contributed by atoms with E-state index in [0.717, 1.165) is 43.9 Å². The number of nitrogens with zero attached hydrogens (tertiary/aromatic N) is 1. The van der Waals surface area contributed by atoms with E-state index < -0.39 is 0 Å². The van der Waals surface area contributed by atoms with Gasteiger partial charge in [0.1, 0.15) is 0 Å². The number of hydrogen-bond acceptors (Lipinski definition) is 2. The minimum atomic E-state index is 0.0991. The Kier molecular flexibility index (Phi) is 4.82. The highest BCUT2D eigenvalue weighted by atomic mass is 79.9. The maximum absolute atomic E-state index is 12.2. The van der Waals surface area contributed by atoms with Gasteiger partial charge in [-0.15, -0.1) is 0 Å². The second-order valence-corrected chi connectivity index (χ2v) is 6.55. The summed E-state index contributed by atoms with van der Waals surface area (Å²) in [7, 11) is 0. The molecule has 2 fully saturated rings. The molecule has 2 rings (SSSR count). The number of carbonyl (C=O) groups is 2. The third-order valence-electron chi connectivity index (χ3n) is 4.35. The number of imide groups is 1. The summed E-state index contributed by atoms with van der Waals surface area (Å²) in [5.74, 6) is 1.02. The minimum absolute atomic E-state index is 0.0991. The number of rotatable bonds is 5. The molecule has 3 nitrogen and oxygen atoms in total. The molecule has 1 aliphatic heterocycles. The van der Waals surface area contributed by atoms with Crippen molar-refractivity contribution in [1.82, 2.24) is 4.90 Å². The van der Waals surface area contributed by atoms with E-state index in [1.165, 1.54) is 0 Å². The Hall–Kier alpha value is -0.380. The van der Waals surface area contributed by atoms with Crippen molar-refractivity contribution in [3.05, 3.63) is 0 Å². The number of likely N-dealkylation sites (tertiary alicyclic amines) is 1. The average Bonchev–Trinajstić information content (AvgIpc) is 2.37. The van der Waals surface area contributed by atoms with Gasteiger partial charge in [0.15, 0.2) is 0 Å². The normalized spacial score (nSPS) is 29.6. The molecule has 1 aliphatic carbocycles. The van der Waals surface area contributed by atoms with E-state index in [0.29, 0.717) is 12.5 Å². The van der Waals surface area contributed by atoms with Gasteiger partial charge in [-0.25, -0.2) is 0 Å². The van der Waals surface area contributed by atoms with E-state index in [1.807, 2.05) is 0 Å². The van der Waals surface area contributed by atoms with Gasteiger partial charge in [-0.2, -0.15) is 0 Å². The van der Waals surface area contributed by atoms with E-state index in [-0.39, 0.29) is 23.7 Å². The Labute approximate surface area is 117 Å². The largest absolute Gasteiger partial charge is 0.282 e. The maximum atomic E-state index is 12.2. The van der Waals surface area contributed by atoms with Gasteiger partial charge in [0.2, 0.25) is 11.8 Å². The molecule has 3 atom stereocenters. The van der Waals surface area contributed by atoms with Crippen molar-refractivity contribution in [2.45, 2.75) is 45.4 Å². The van der Waals surface area contributed by atoms with Crippen molar-refractivity contribution in [3.63, 3.8) is 0 Å². The van der Waals surface area contributed by atoms with Crippen LogP contribution in [0.1, 0.15) is 45.4 Å². The van der Waals surface area contributed by atoms with Gasteiger partial charge in [-0.1, -0.05) is 29.3 Å². The van der Waals surface area contributed by atoms with E-state index in [1.54, 1.807) is 4.90 Å². The molecule has 0 spiro atoms. The zero-order valence-electron chi connectivity index (χ0n) is 11.0. The lowest BCUT2D eigenvalue weighted by molar-refractivity contribution is -0.158. The Bertz CT molecular complexity index is 310. The summed E-state index contributed by atoms with van der Waals surface area (Å²) in [4.78, 5) is 26.0. The molecular formula is C14H22BrNO2. The molecule has 2 amide bonds. The quantitative estimate of drug-likeness (QED) is 0.578. The number of halogens is 1. The summed E-state index contributed by atoms with van der Waals surface area (Å²) in [5, 5.41) is 0.987. The molecule has 18 heavy (non-hydrogen) atoms. The predicted molar refractivity (Wildman–Crippen MR) is 74.4 cm³/mol. The molecule has 1 heterocycles. The van der Waals surface area contributed by atoms with E-state index in [4.69, 9.17) is 0 Å². The van der Waals surface area contributed by atoms with Crippen LogP contribution in [0.15, 0.2) is 0 Å². The Morgan fingerprint density at radius 1 is 1.22 bits per heavy atom. The van der Waals surface area contributed by atoms with Gasteiger partial charge in [0.25, 0.3) is 0 Å². The Balaban J connectivity index is 1.94. The smallest absolute Gasteiger partial charge is 0.232 e. The lowest BCUT2D eigenvalue weighted by Crippen LogP contribution is -2.51. The standard InChI is InChI=1S/C14H22BrNO2/c1-10(5-7-15)6-8-16-13(17)11-3-2-4-12(9-11)14(16)18/h10-12H,2-9H2,1H3. The third-order valence-corrected chi connectivity index (χ3v) is 4.81. The number of alkyl halides is 1. The summed E-state index contributed by atoms with van der Waals surface area (Å²) < 4.78 is 0. The van der Waals surface area contributed by atoms with Gasteiger partial charge < -0.3 is 0 Å². The maximum Gasteiger partial charge on any atom is 0.232 e. The molecule has 4 heteroatoms. The second-order valence-electron chi connectivity index (χ2n) is 5.76. The topological polar surface area (TPSA) is 37.4 Å². The van der Waals surface area contributed by atoms with Gasteiger partial charge in [0.05, 0.1) is 0 Å². The van der Waals surface area contributed by atoms with Crippen LogP contribution in [0.25, 0.3) is 0 Å². The van der Waals surface area contributed by atoms with Crippen molar-refractivity contribution < 1.29 is 9.59 Å². The monoisotopic (exact) mass is 315 g/mol. The molecule has 0 aromatic rings. The molecule has 1 saturated heterocycles. The van der Waals surface area contributed by atoms with Crippen LogP contribution in [0.5, 0.6) is 0 Å². The van der Waals surface area contributed by atoms with Gasteiger partial charge in [0, 0.05) is 23.7 Å². The molecule has 2 aliphatic rings. The highest BCUT2D eigenvalue weighted by Gasteiger charge is 2.42. The molecule has 1 saturated carbocycles. The second kappa shape index (κ2) is 6.18. The van der Waals surface area contributed by atoms with Crippen LogP contribution in [0.4, 0.5) is 0 Å². The first-order chi connectivity index (χ1) is 8.63. The zero-order chi connectivity index (χ0) is 13.1. The lowest BCUT2D eigenvalue weighted by Gasteiger charge is -2.39. The average molecular weight is 316 g/mol. The van der Waals surface area contributed by atoms with E-state index in [9.17, 15) is 9.59 Å². The number of fused-ring (bicyclic) bond motifs is 2. The lowest BCUT2D eigenvalue weighted by atomic mass is 9.77. The minimum Gasteiger partial charge on any atom is -0.282 e. The third kappa shape index (κ3) is 2.95. The first-order valence-electron chi connectivity index (χ1n) is 7.04. The fourth-order valence-electron chi connectivity index (χ4n) is 3.09. The highest BCUT2D eigenvalue weighted by molar-refractivity contribution is 9.09. The molecule has 0 N–H and O–H groups in total. The molecule has 0 aromatic carbocycles. The van der Waals surface area contributed by atoms with Gasteiger partial charge in [-0.3, -0.25) is 14.5 Å². The van der Waals surface area contributed by atoms with Crippen molar-refractivity contribution >= 4 is 27.7 Å². The van der Waals surface area contributed by atoms with Crippen LogP contribution in [0.2, 0.25) is 0 Å². The van der Waals surface area contributed by atoms with Gasteiger partial charge in [-0.05, 0) is 38.0 Å². The fourth-order valence-corrected chi connectivity index (χ4v) is 3.87. The van der Waals surface area contributed by atoms with Crippen LogP contribution in [-0.4, -0.2) is 28.6 Å². The molecule has 3 unspecified atom stereocenters. The van der Waals surface area contributed by atoms with Crippen molar-refractivity contribution in [1.29, 1.82) is 0 Å². The molecule has 102 valence electrons. The van der Waals surface area contributed by atoms with Crippen LogP contribution in [0, 0.1) is 17.8 Å². The highest BCUT2D eigenvalue weighted by Crippen LogP contribution is 2.36. The molecule has 0 aromatic heterocycles. The first-order valence-corrected chi connectivity index (χ1v) is 8.16. The van der Waals surface area contributed by atoms with Crippen molar-refractivity contribution in [2.24, 2.45) is 17.8 Å². The van der Waals surface area contributed by atoms with Crippen LogP contribution in [0.3, 0.4) is 0 Å². The number of amides is 2. The first kappa shape index (κ1) is 14.0. The fraction of sp³-hybridized carbons (Fsp3) is 0.857. The van der Waals surface area contributed by atoms with E-state index in [2.05, 4.69) is 22.9 Å². The predicted octanol–water partition coefficient (Wildman–Crippen LogP) is 2.97. The molecule has 0 radical (unpaired) electrons. The summed E-state index contributed by atoms with van der Waals surface area (Å²) >= 11 is 3.43. The van der Waals surface area contributed by atoms with E-state index >= 15 is 0 Å². The summed E-state index contributed by atoms with van der Waals surface area (Å²) in [5.41, 5.74) is 0. The Morgan fingerprint density at radius 2 is 1.83 bits per heavy atom. The summed E-state index contributed by atoms with van der Waals surface area (Å²) in [6, 6.07) is 0. The molecular weight excluding hydrogens is 294 g/mol. The summed E-state index contributed by atoms with van der Waals surface area (Å²) in [6.07, 6.45) is 5.85. The van der Waals surface area contributed by atoms with Crippen molar-refractivity contribution in [2.75, 3.05) is 11.9 Å².